The van der Waals surface area contributed by atoms with Gasteiger partial charge in [0.25, 0.3) is 10.0 Å². The van der Waals surface area contributed by atoms with Crippen molar-refractivity contribution in [2.75, 3.05) is 0 Å². The zero-order valence-electron chi connectivity index (χ0n) is 13.9. The van der Waals surface area contributed by atoms with E-state index in [-0.39, 0.29) is 10.6 Å². The Morgan fingerprint density at radius 3 is 1.58 bits per heavy atom. The molecule has 3 aromatic carbocycles. The molecule has 0 aliphatic carbocycles. The molecule has 0 aliphatic rings. The predicted octanol–water partition coefficient (Wildman–Crippen LogP) is 4.50. The first-order chi connectivity index (χ1) is 12.3. The third kappa shape index (κ3) is 4.03. The van der Waals surface area contributed by atoms with Crippen molar-refractivity contribution in [2.24, 2.45) is 4.40 Å². The van der Waals surface area contributed by atoms with Crippen molar-refractivity contribution in [1.82, 2.24) is 0 Å². The first-order valence-corrected chi connectivity index (χ1v) is 9.23. The van der Waals surface area contributed by atoms with Crippen molar-refractivity contribution in [3.8, 4) is 0 Å². The molecule has 0 saturated carbocycles. The van der Waals surface area contributed by atoms with Gasteiger partial charge in [0.15, 0.2) is 0 Å². The molecule has 0 saturated heterocycles. The van der Waals surface area contributed by atoms with Gasteiger partial charge in [-0.2, -0.15) is 12.8 Å². The summed E-state index contributed by atoms with van der Waals surface area (Å²) in [5.74, 6) is -0.901. The Hall–Kier alpha value is -2.86. The summed E-state index contributed by atoms with van der Waals surface area (Å²) in [6.07, 6.45) is 0. The molecule has 0 unspecified atom stereocenters. The second-order valence-electron chi connectivity index (χ2n) is 5.74. The molecule has 26 heavy (non-hydrogen) atoms. The maximum absolute atomic E-state index is 13.2. The highest BCUT2D eigenvalue weighted by Gasteiger charge is 2.17. The van der Waals surface area contributed by atoms with E-state index in [0.29, 0.717) is 11.1 Å². The van der Waals surface area contributed by atoms with Crippen LogP contribution in [-0.2, 0) is 10.0 Å². The Kier molecular flexibility index (Phi) is 4.95. The van der Waals surface area contributed by atoms with Gasteiger partial charge in [-0.3, -0.25) is 0 Å². The molecule has 132 valence electrons. The van der Waals surface area contributed by atoms with Gasteiger partial charge in [-0.15, -0.1) is 0 Å². The SMILES string of the molecule is Cc1ccc(S(=O)(=O)N=C(c2ccc(F)cc2)c2ccc(F)cc2)cc1. The van der Waals surface area contributed by atoms with Gasteiger partial charge in [0.1, 0.15) is 11.6 Å². The minimum Gasteiger partial charge on any atom is -0.207 e. The lowest BCUT2D eigenvalue weighted by atomic mass is 10.0. The first kappa shape index (κ1) is 17.9. The predicted molar refractivity (Wildman–Crippen MR) is 96.8 cm³/mol. The Labute approximate surface area is 150 Å². The molecule has 0 aromatic heterocycles. The molecule has 0 aliphatic heterocycles. The summed E-state index contributed by atoms with van der Waals surface area (Å²) < 4.78 is 55.8. The van der Waals surface area contributed by atoms with E-state index < -0.39 is 21.7 Å². The van der Waals surface area contributed by atoms with Gasteiger partial charge in [0.05, 0.1) is 10.6 Å². The minimum atomic E-state index is -3.99. The first-order valence-electron chi connectivity index (χ1n) is 7.79. The fourth-order valence-electron chi connectivity index (χ4n) is 2.37. The third-order valence-corrected chi connectivity index (χ3v) is 5.06. The molecule has 0 bridgehead atoms. The number of nitrogens with zero attached hydrogens (tertiary/aromatic N) is 1. The van der Waals surface area contributed by atoms with Gasteiger partial charge in [-0.1, -0.05) is 17.7 Å². The monoisotopic (exact) mass is 371 g/mol. The highest BCUT2D eigenvalue weighted by atomic mass is 32.2. The van der Waals surface area contributed by atoms with Crippen LogP contribution in [0.1, 0.15) is 16.7 Å². The van der Waals surface area contributed by atoms with E-state index in [9.17, 15) is 17.2 Å². The van der Waals surface area contributed by atoms with Crippen LogP contribution in [0.3, 0.4) is 0 Å². The molecule has 0 heterocycles. The van der Waals surface area contributed by atoms with Gasteiger partial charge >= 0.3 is 0 Å². The maximum Gasteiger partial charge on any atom is 0.282 e. The number of rotatable bonds is 4. The topological polar surface area (TPSA) is 46.5 Å². The smallest absolute Gasteiger partial charge is 0.207 e. The quantitative estimate of drug-likeness (QED) is 0.634. The molecule has 3 rings (SSSR count). The van der Waals surface area contributed by atoms with E-state index in [1.165, 1.54) is 60.7 Å². The lowest BCUT2D eigenvalue weighted by molar-refractivity contribution is 0.598. The summed E-state index contributed by atoms with van der Waals surface area (Å²) >= 11 is 0. The Balaban J connectivity index is 2.16. The molecular formula is C20H15F2NO2S. The minimum absolute atomic E-state index is 0.0461. The fraction of sp³-hybridized carbons (Fsp3) is 0.0500. The second kappa shape index (κ2) is 7.17. The molecule has 0 atom stereocenters. The third-order valence-electron chi connectivity index (χ3n) is 3.77. The van der Waals surface area contributed by atoms with Crippen LogP contribution in [0.15, 0.2) is 82.1 Å². The number of halogens is 2. The molecule has 0 fully saturated rings. The summed E-state index contributed by atoms with van der Waals surface area (Å²) in [5, 5.41) is 0. The number of sulfonamides is 1. The maximum atomic E-state index is 13.2. The Morgan fingerprint density at radius 2 is 1.15 bits per heavy atom. The molecule has 0 spiro atoms. The van der Waals surface area contributed by atoms with Crippen molar-refractivity contribution >= 4 is 15.7 Å². The van der Waals surface area contributed by atoms with E-state index in [2.05, 4.69) is 4.40 Å². The molecule has 0 amide bonds. The van der Waals surface area contributed by atoms with E-state index >= 15 is 0 Å². The van der Waals surface area contributed by atoms with Crippen LogP contribution in [-0.4, -0.2) is 14.1 Å². The number of hydrogen-bond donors (Lipinski definition) is 0. The Morgan fingerprint density at radius 1 is 0.731 bits per heavy atom. The van der Waals surface area contributed by atoms with Crippen molar-refractivity contribution in [3.05, 3.63) is 101 Å². The zero-order valence-corrected chi connectivity index (χ0v) is 14.7. The van der Waals surface area contributed by atoms with Crippen LogP contribution in [0.4, 0.5) is 8.78 Å². The van der Waals surface area contributed by atoms with Crippen molar-refractivity contribution in [3.63, 3.8) is 0 Å². The van der Waals surface area contributed by atoms with E-state index in [1.54, 1.807) is 12.1 Å². The number of benzene rings is 3. The largest absolute Gasteiger partial charge is 0.282 e. The highest BCUT2D eigenvalue weighted by Crippen LogP contribution is 2.19. The van der Waals surface area contributed by atoms with Gasteiger partial charge < -0.3 is 0 Å². The van der Waals surface area contributed by atoms with E-state index in [1.807, 2.05) is 6.92 Å². The standard InChI is InChI=1S/C20H15F2NO2S/c1-14-2-12-19(13-3-14)26(24,25)23-20(15-4-8-17(21)9-5-15)16-6-10-18(22)11-7-16/h2-13H,1H3. The van der Waals surface area contributed by atoms with Crippen molar-refractivity contribution < 1.29 is 17.2 Å². The zero-order chi connectivity index (χ0) is 18.7. The highest BCUT2D eigenvalue weighted by molar-refractivity contribution is 7.90. The molecule has 0 radical (unpaired) electrons. The van der Waals surface area contributed by atoms with Gasteiger partial charge in [0, 0.05) is 11.1 Å². The normalized spacial score (nSPS) is 11.2. The van der Waals surface area contributed by atoms with Crippen LogP contribution in [0.25, 0.3) is 0 Å². The lowest BCUT2D eigenvalue weighted by Gasteiger charge is -2.08. The van der Waals surface area contributed by atoms with Crippen LogP contribution < -0.4 is 0 Å². The lowest BCUT2D eigenvalue weighted by Crippen LogP contribution is -2.08. The fourth-order valence-corrected chi connectivity index (χ4v) is 3.41. The van der Waals surface area contributed by atoms with E-state index in [4.69, 9.17) is 0 Å². The molecular weight excluding hydrogens is 356 g/mol. The second-order valence-corrected chi connectivity index (χ2v) is 7.35. The average Bonchev–Trinajstić information content (AvgIpc) is 2.62. The van der Waals surface area contributed by atoms with Gasteiger partial charge in [-0.25, -0.2) is 8.78 Å². The number of aryl methyl sites for hydroxylation is 1. The summed E-state index contributed by atoms with van der Waals surface area (Å²) in [7, 11) is -3.99. The summed E-state index contributed by atoms with van der Waals surface area (Å²) in [5.41, 5.74) is 1.86. The van der Waals surface area contributed by atoms with Gasteiger partial charge in [0.2, 0.25) is 0 Å². The molecule has 3 aromatic rings. The average molecular weight is 371 g/mol. The Bertz CT molecular complexity index is 993. The summed E-state index contributed by atoms with van der Waals surface area (Å²) in [4.78, 5) is 0.0461. The van der Waals surface area contributed by atoms with Crippen LogP contribution in [0.5, 0.6) is 0 Å². The van der Waals surface area contributed by atoms with E-state index in [0.717, 1.165) is 5.56 Å². The molecule has 3 nitrogen and oxygen atoms in total. The summed E-state index contributed by atoms with van der Waals surface area (Å²) in [6.45, 7) is 1.85. The molecule has 6 heteroatoms. The van der Waals surface area contributed by atoms with Crippen LogP contribution in [0, 0.1) is 18.6 Å². The summed E-state index contributed by atoms with van der Waals surface area (Å²) in [6, 6.07) is 16.9. The van der Waals surface area contributed by atoms with Crippen molar-refractivity contribution in [2.45, 2.75) is 11.8 Å². The molecule has 0 N–H and O–H groups in total. The van der Waals surface area contributed by atoms with Gasteiger partial charge in [-0.05, 0) is 67.6 Å². The van der Waals surface area contributed by atoms with Crippen molar-refractivity contribution in [1.29, 1.82) is 0 Å². The number of hydrogen-bond acceptors (Lipinski definition) is 2. The van der Waals surface area contributed by atoms with Crippen LogP contribution >= 0.6 is 0 Å². The van der Waals surface area contributed by atoms with Crippen LogP contribution in [0.2, 0.25) is 0 Å².